The van der Waals surface area contributed by atoms with E-state index in [1.165, 1.54) is 0 Å². The van der Waals surface area contributed by atoms with Crippen LogP contribution in [0.5, 0.6) is 0 Å². The standard InChI is InChI=1S/C13H20N6O2/c1-8-10(14)4-3-5-19(8)13-15-12(16-17-13)11-6-9(7-20-2)21-18-11/h6,8,10H,3-5,7,14H2,1-2H3,(H,15,16,17). The smallest absolute Gasteiger partial charge is 0.245 e. The number of hydrogen-bond acceptors (Lipinski definition) is 7. The maximum absolute atomic E-state index is 6.11. The highest BCUT2D eigenvalue weighted by Gasteiger charge is 2.28. The van der Waals surface area contributed by atoms with Gasteiger partial charge in [-0.05, 0) is 19.8 Å². The molecule has 0 aromatic carbocycles. The van der Waals surface area contributed by atoms with E-state index >= 15 is 0 Å². The number of anilines is 1. The molecule has 2 atom stereocenters. The first kappa shape index (κ1) is 14.0. The van der Waals surface area contributed by atoms with Crippen molar-refractivity contribution >= 4 is 5.95 Å². The second-order valence-electron chi connectivity index (χ2n) is 5.34. The minimum Gasteiger partial charge on any atom is -0.377 e. The second-order valence-corrected chi connectivity index (χ2v) is 5.34. The SMILES string of the molecule is COCc1cc(-c2nc(N3CCCC(N)C3C)n[nH]2)no1. The van der Waals surface area contributed by atoms with Crippen LogP contribution < -0.4 is 10.6 Å². The molecule has 1 aliphatic heterocycles. The molecular weight excluding hydrogens is 272 g/mol. The van der Waals surface area contributed by atoms with Crippen LogP contribution in [-0.2, 0) is 11.3 Å². The molecule has 0 saturated carbocycles. The lowest BCUT2D eigenvalue weighted by Gasteiger charge is -2.36. The van der Waals surface area contributed by atoms with E-state index in [0.717, 1.165) is 19.4 Å². The molecule has 3 N–H and O–H groups in total. The van der Waals surface area contributed by atoms with E-state index in [9.17, 15) is 0 Å². The Kier molecular flexibility index (Phi) is 3.89. The normalized spacial score (nSPS) is 22.7. The Labute approximate surface area is 122 Å². The predicted molar refractivity (Wildman–Crippen MR) is 76.6 cm³/mol. The van der Waals surface area contributed by atoms with Gasteiger partial charge in [-0.15, -0.1) is 5.10 Å². The molecule has 3 rings (SSSR count). The Morgan fingerprint density at radius 3 is 3.24 bits per heavy atom. The first-order valence-electron chi connectivity index (χ1n) is 7.08. The molecule has 2 aromatic heterocycles. The molecule has 0 bridgehead atoms. The summed E-state index contributed by atoms with van der Waals surface area (Å²) in [5.41, 5.74) is 6.73. The van der Waals surface area contributed by atoms with E-state index in [2.05, 4.69) is 32.2 Å². The van der Waals surface area contributed by atoms with Crippen LogP contribution in [0.4, 0.5) is 5.95 Å². The average molecular weight is 292 g/mol. The van der Waals surface area contributed by atoms with Crippen molar-refractivity contribution in [2.45, 2.75) is 38.5 Å². The summed E-state index contributed by atoms with van der Waals surface area (Å²) < 4.78 is 10.2. The molecule has 0 aliphatic carbocycles. The fourth-order valence-corrected chi connectivity index (χ4v) is 2.59. The van der Waals surface area contributed by atoms with Crippen LogP contribution in [0, 0.1) is 0 Å². The van der Waals surface area contributed by atoms with E-state index in [0.29, 0.717) is 29.8 Å². The van der Waals surface area contributed by atoms with Gasteiger partial charge in [0.1, 0.15) is 6.61 Å². The number of piperidine rings is 1. The molecule has 2 unspecified atom stereocenters. The summed E-state index contributed by atoms with van der Waals surface area (Å²) >= 11 is 0. The van der Waals surface area contributed by atoms with Gasteiger partial charge in [0.15, 0.2) is 17.3 Å². The van der Waals surface area contributed by atoms with Crippen molar-refractivity contribution < 1.29 is 9.26 Å². The lowest BCUT2D eigenvalue weighted by molar-refractivity contribution is 0.156. The van der Waals surface area contributed by atoms with Gasteiger partial charge in [0.05, 0.1) is 0 Å². The molecular formula is C13H20N6O2. The van der Waals surface area contributed by atoms with E-state index in [4.69, 9.17) is 15.0 Å². The largest absolute Gasteiger partial charge is 0.377 e. The molecule has 0 spiro atoms. The van der Waals surface area contributed by atoms with Crippen molar-refractivity contribution in [3.8, 4) is 11.5 Å². The Hall–Kier alpha value is -1.93. The highest BCUT2D eigenvalue weighted by Crippen LogP contribution is 2.23. The summed E-state index contributed by atoms with van der Waals surface area (Å²) in [6, 6.07) is 2.17. The van der Waals surface area contributed by atoms with Crippen LogP contribution in [0.3, 0.4) is 0 Å². The number of aromatic amines is 1. The number of H-pyrrole nitrogens is 1. The van der Waals surface area contributed by atoms with Crippen LogP contribution in [0.2, 0.25) is 0 Å². The van der Waals surface area contributed by atoms with Gasteiger partial charge in [0.25, 0.3) is 0 Å². The summed E-state index contributed by atoms with van der Waals surface area (Å²) in [5.74, 6) is 1.89. The summed E-state index contributed by atoms with van der Waals surface area (Å²) in [5, 5.41) is 11.1. The third kappa shape index (κ3) is 2.77. The van der Waals surface area contributed by atoms with Crippen molar-refractivity contribution in [1.82, 2.24) is 20.3 Å². The Balaban J connectivity index is 1.79. The Morgan fingerprint density at radius 2 is 2.43 bits per heavy atom. The van der Waals surface area contributed by atoms with Gasteiger partial charge in [0.2, 0.25) is 5.95 Å². The first-order valence-corrected chi connectivity index (χ1v) is 7.08. The van der Waals surface area contributed by atoms with E-state index in [-0.39, 0.29) is 12.1 Å². The number of methoxy groups -OCH3 is 1. The van der Waals surface area contributed by atoms with Crippen molar-refractivity contribution in [3.63, 3.8) is 0 Å². The van der Waals surface area contributed by atoms with Gasteiger partial charge in [-0.25, -0.2) is 0 Å². The van der Waals surface area contributed by atoms with Gasteiger partial charge in [0, 0.05) is 31.8 Å². The molecule has 8 heteroatoms. The Bertz CT molecular complexity index is 595. The fourth-order valence-electron chi connectivity index (χ4n) is 2.59. The summed E-state index contributed by atoms with van der Waals surface area (Å²) in [4.78, 5) is 6.63. The third-order valence-electron chi connectivity index (χ3n) is 3.87. The lowest BCUT2D eigenvalue weighted by Crippen LogP contribution is -2.50. The molecule has 21 heavy (non-hydrogen) atoms. The molecule has 0 radical (unpaired) electrons. The van der Waals surface area contributed by atoms with Gasteiger partial charge >= 0.3 is 0 Å². The lowest BCUT2D eigenvalue weighted by atomic mass is 9.99. The summed E-state index contributed by atoms with van der Waals surface area (Å²) in [7, 11) is 1.61. The van der Waals surface area contributed by atoms with E-state index in [1.807, 2.05) is 0 Å². The number of hydrogen-bond donors (Lipinski definition) is 2. The van der Waals surface area contributed by atoms with Gasteiger partial charge in [-0.3, -0.25) is 5.10 Å². The third-order valence-corrected chi connectivity index (χ3v) is 3.87. The molecule has 1 aliphatic rings. The zero-order valence-electron chi connectivity index (χ0n) is 12.2. The van der Waals surface area contributed by atoms with Gasteiger partial charge in [-0.1, -0.05) is 5.16 Å². The van der Waals surface area contributed by atoms with Crippen molar-refractivity contribution in [2.75, 3.05) is 18.6 Å². The van der Waals surface area contributed by atoms with E-state index in [1.54, 1.807) is 13.2 Å². The van der Waals surface area contributed by atoms with Crippen molar-refractivity contribution in [3.05, 3.63) is 11.8 Å². The van der Waals surface area contributed by atoms with Gasteiger partial charge < -0.3 is 19.9 Å². The zero-order valence-corrected chi connectivity index (χ0v) is 12.2. The fraction of sp³-hybridized carbons (Fsp3) is 0.615. The second kappa shape index (κ2) is 5.82. The molecule has 8 nitrogen and oxygen atoms in total. The van der Waals surface area contributed by atoms with Crippen molar-refractivity contribution in [1.29, 1.82) is 0 Å². The Morgan fingerprint density at radius 1 is 1.57 bits per heavy atom. The maximum atomic E-state index is 6.11. The van der Waals surface area contributed by atoms with E-state index < -0.39 is 0 Å². The number of ether oxygens (including phenoxy) is 1. The van der Waals surface area contributed by atoms with Crippen LogP contribution >= 0.6 is 0 Å². The first-order chi connectivity index (χ1) is 10.2. The number of nitrogens with two attached hydrogens (primary N) is 1. The molecule has 1 saturated heterocycles. The minimum atomic E-state index is 0.154. The predicted octanol–water partition coefficient (Wildman–Crippen LogP) is 0.922. The van der Waals surface area contributed by atoms with Crippen LogP contribution in [0.25, 0.3) is 11.5 Å². The number of rotatable bonds is 4. The summed E-state index contributed by atoms with van der Waals surface area (Å²) in [6.07, 6.45) is 2.09. The molecule has 3 heterocycles. The minimum absolute atomic E-state index is 0.154. The quantitative estimate of drug-likeness (QED) is 0.863. The number of aromatic nitrogens is 4. The topological polar surface area (TPSA) is 106 Å². The molecule has 1 fully saturated rings. The monoisotopic (exact) mass is 292 g/mol. The highest BCUT2D eigenvalue weighted by molar-refractivity contribution is 5.51. The van der Waals surface area contributed by atoms with Crippen LogP contribution in [0.15, 0.2) is 10.6 Å². The molecule has 114 valence electrons. The zero-order chi connectivity index (χ0) is 14.8. The maximum Gasteiger partial charge on any atom is 0.245 e. The van der Waals surface area contributed by atoms with Crippen LogP contribution in [0.1, 0.15) is 25.5 Å². The van der Waals surface area contributed by atoms with Crippen molar-refractivity contribution in [2.24, 2.45) is 5.73 Å². The van der Waals surface area contributed by atoms with Gasteiger partial charge in [-0.2, -0.15) is 4.98 Å². The average Bonchev–Trinajstić information content (AvgIpc) is 3.11. The number of nitrogens with one attached hydrogen (secondary N) is 1. The molecule has 2 aromatic rings. The molecule has 0 amide bonds. The van der Waals surface area contributed by atoms with Crippen LogP contribution in [-0.4, -0.2) is 46.1 Å². The highest BCUT2D eigenvalue weighted by atomic mass is 16.5. The summed E-state index contributed by atoms with van der Waals surface area (Å²) in [6.45, 7) is 3.40. The number of nitrogens with zero attached hydrogens (tertiary/aromatic N) is 4.